The molecule has 108 valence electrons. The fourth-order valence-corrected chi connectivity index (χ4v) is 3.58. The highest BCUT2D eigenvalue weighted by molar-refractivity contribution is 7.14. The summed E-state index contributed by atoms with van der Waals surface area (Å²) >= 11 is 1.64. The van der Waals surface area contributed by atoms with Gasteiger partial charge in [-0.3, -0.25) is 0 Å². The van der Waals surface area contributed by atoms with Crippen molar-refractivity contribution in [2.24, 2.45) is 0 Å². The molecule has 0 radical (unpaired) electrons. The summed E-state index contributed by atoms with van der Waals surface area (Å²) in [5.74, 6) is 1.73. The first-order valence-corrected chi connectivity index (χ1v) is 7.90. The Morgan fingerprint density at radius 2 is 2.20 bits per heavy atom. The maximum Gasteiger partial charge on any atom is 0.162 e. The van der Waals surface area contributed by atoms with Crippen LogP contribution in [0.4, 0.5) is 0 Å². The molecule has 1 aliphatic carbocycles. The number of furan rings is 1. The summed E-state index contributed by atoms with van der Waals surface area (Å²) in [7, 11) is 0. The zero-order chi connectivity index (χ0) is 14.0. The average Bonchev–Trinajstić information content (AvgIpc) is 3.17. The van der Waals surface area contributed by atoms with Gasteiger partial charge in [0, 0.05) is 23.2 Å². The highest BCUT2D eigenvalue weighted by Crippen LogP contribution is 2.31. The van der Waals surface area contributed by atoms with Gasteiger partial charge in [0.1, 0.15) is 5.76 Å². The largest absolute Gasteiger partial charge is 0.459 e. The van der Waals surface area contributed by atoms with Crippen LogP contribution >= 0.6 is 11.3 Å². The molecule has 0 aromatic carbocycles. The van der Waals surface area contributed by atoms with Gasteiger partial charge < -0.3 is 14.8 Å². The second kappa shape index (κ2) is 5.68. The van der Waals surface area contributed by atoms with E-state index in [1.165, 1.54) is 17.7 Å². The first kappa shape index (κ1) is 13.8. The Balaban J connectivity index is 1.65. The predicted octanol–water partition coefficient (Wildman–Crippen LogP) is 3.11. The molecule has 0 spiro atoms. The van der Waals surface area contributed by atoms with E-state index in [0.717, 1.165) is 35.9 Å². The molecular formula is C15H20N2O2S. The molecule has 2 aromatic rings. The van der Waals surface area contributed by atoms with Crippen molar-refractivity contribution < 1.29 is 9.52 Å². The fraction of sp³-hybridized carbons (Fsp3) is 0.533. The molecule has 0 bridgehead atoms. The zero-order valence-electron chi connectivity index (χ0n) is 11.7. The summed E-state index contributed by atoms with van der Waals surface area (Å²) in [6.07, 6.45) is 6.42. The predicted molar refractivity (Wildman–Crippen MR) is 79.7 cm³/mol. The number of aliphatic hydroxyl groups is 1. The van der Waals surface area contributed by atoms with E-state index in [9.17, 15) is 5.11 Å². The van der Waals surface area contributed by atoms with Crippen LogP contribution in [-0.4, -0.2) is 22.2 Å². The van der Waals surface area contributed by atoms with Crippen LogP contribution in [0.25, 0.3) is 10.8 Å². The van der Waals surface area contributed by atoms with Crippen molar-refractivity contribution in [3.63, 3.8) is 0 Å². The summed E-state index contributed by atoms with van der Waals surface area (Å²) < 4.78 is 5.59. The quantitative estimate of drug-likeness (QED) is 0.889. The van der Waals surface area contributed by atoms with Crippen LogP contribution in [0.3, 0.4) is 0 Å². The number of nitrogens with zero attached hydrogens (tertiary/aromatic N) is 1. The third-order valence-electron chi connectivity index (χ3n) is 4.01. The van der Waals surface area contributed by atoms with E-state index in [2.05, 4.69) is 10.3 Å². The van der Waals surface area contributed by atoms with Crippen molar-refractivity contribution in [1.82, 2.24) is 10.3 Å². The van der Waals surface area contributed by atoms with Gasteiger partial charge in [0.15, 0.2) is 10.8 Å². The van der Waals surface area contributed by atoms with E-state index in [1.807, 2.05) is 25.3 Å². The molecule has 2 N–H and O–H groups in total. The van der Waals surface area contributed by atoms with Crippen molar-refractivity contribution in [2.75, 3.05) is 6.61 Å². The molecule has 1 fully saturated rings. The third-order valence-corrected chi connectivity index (χ3v) is 5.02. The number of hydrogen-bond donors (Lipinski definition) is 2. The van der Waals surface area contributed by atoms with E-state index in [4.69, 9.17) is 4.42 Å². The number of thiazole rings is 1. The van der Waals surface area contributed by atoms with E-state index in [-0.39, 0.29) is 12.1 Å². The molecule has 2 heterocycles. The smallest absolute Gasteiger partial charge is 0.162 e. The number of rotatable bonds is 5. The second-order valence-electron chi connectivity index (χ2n) is 5.54. The Morgan fingerprint density at radius 3 is 2.85 bits per heavy atom. The number of aryl methyl sites for hydroxylation is 1. The van der Waals surface area contributed by atoms with Gasteiger partial charge in [-0.1, -0.05) is 12.8 Å². The molecule has 0 saturated heterocycles. The molecule has 0 unspecified atom stereocenters. The van der Waals surface area contributed by atoms with Gasteiger partial charge in [-0.05, 0) is 31.9 Å². The number of hydrogen-bond acceptors (Lipinski definition) is 5. The molecule has 4 nitrogen and oxygen atoms in total. The van der Waals surface area contributed by atoms with E-state index >= 15 is 0 Å². The zero-order valence-corrected chi connectivity index (χ0v) is 12.5. The van der Waals surface area contributed by atoms with Crippen molar-refractivity contribution in [2.45, 2.75) is 44.7 Å². The van der Waals surface area contributed by atoms with Crippen molar-refractivity contribution in [1.29, 1.82) is 0 Å². The lowest BCUT2D eigenvalue weighted by molar-refractivity contribution is 0.163. The van der Waals surface area contributed by atoms with Crippen LogP contribution in [0, 0.1) is 6.92 Å². The minimum absolute atomic E-state index is 0.0780. The summed E-state index contributed by atoms with van der Waals surface area (Å²) in [4.78, 5) is 5.59. The van der Waals surface area contributed by atoms with Gasteiger partial charge in [-0.2, -0.15) is 0 Å². The molecule has 0 aliphatic heterocycles. The topological polar surface area (TPSA) is 58.3 Å². The molecule has 20 heavy (non-hydrogen) atoms. The van der Waals surface area contributed by atoms with E-state index < -0.39 is 0 Å². The van der Waals surface area contributed by atoms with Gasteiger partial charge in [0.2, 0.25) is 0 Å². The summed E-state index contributed by atoms with van der Waals surface area (Å²) in [6.45, 7) is 2.92. The van der Waals surface area contributed by atoms with Gasteiger partial charge in [0.25, 0.3) is 0 Å². The third kappa shape index (κ3) is 2.80. The molecule has 0 atom stereocenters. The highest BCUT2D eigenvalue weighted by atomic mass is 32.1. The minimum atomic E-state index is -0.0780. The first-order chi connectivity index (χ1) is 9.71. The Hall–Kier alpha value is -1.17. The molecular weight excluding hydrogens is 272 g/mol. The maximum atomic E-state index is 9.59. The summed E-state index contributed by atoms with van der Waals surface area (Å²) in [6, 6.07) is 3.91. The SMILES string of the molecule is Cc1ccc(-c2ncc(CNC3(CO)CCCC3)s2)o1. The van der Waals surface area contributed by atoms with Crippen molar-refractivity contribution >= 4 is 11.3 Å². The summed E-state index contributed by atoms with van der Waals surface area (Å²) in [5, 5.41) is 14.0. The van der Waals surface area contributed by atoms with Crippen LogP contribution in [0.5, 0.6) is 0 Å². The lowest BCUT2D eigenvalue weighted by Gasteiger charge is -2.27. The second-order valence-corrected chi connectivity index (χ2v) is 6.66. The monoisotopic (exact) mass is 292 g/mol. The Bertz CT molecular complexity index is 570. The van der Waals surface area contributed by atoms with Crippen LogP contribution in [0.2, 0.25) is 0 Å². The summed E-state index contributed by atoms with van der Waals surface area (Å²) in [5.41, 5.74) is -0.0780. The van der Waals surface area contributed by atoms with Gasteiger partial charge in [-0.15, -0.1) is 11.3 Å². The Labute approximate surface area is 122 Å². The molecule has 0 amide bonds. The Morgan fingerprint density at radius 1 is 1.40 bits per heavy atom. The van der Waals surface area contributed by atoms with Crippen molar-refractivity contribution in [3.8, 4) is 10.8 Å². The minimum Gasteiger partial charge on any atom is -0.459 e. The van der Waals surface area contributed by atoms with Gasteiger partial charge in [-0.25, -0.2) is 4.98 Å². The first-order valence-electron chi connectivity index (χ1n) is 7.08. The number of nitrogens with one attached hydrogen (secondary N) is 1. The maximum absolute atomic E-state index is 9.59. The van der Waals surface area contributed by atoms with E-state index in [1.54, 1.807) is 11.3 Å². The van der Waals surface area contributed by atoms with Crippen LogP contribution in [0.1, 0.15) is 36.3 Å². The van der Waals surface area contributed by atoms with Crippen LogP contribution in [-0.2, 0) is 6.54 Å². The normalized spacial score (nSPS) is 17.7. The van der Waals surface area contributed by atoms with Gasteiger partial charge >= 0.3 is 0 Å². The van der Waals surface area contributed by atoms with E-state index in [0.29, 0.717) is 0 Å². The molecule has 5 heteroatoms. The molecule has 2 aromatic heterocycles. The molecule has 3 rings (SSSR count). The van der Waals surface area contributed by atoms with Crippen molar-refractivity contribution in [3.05, 3.63) is 29.0 Å². The lowest BCUT2D eigenvalue weighted by atomic mass is 9.99. The lowest BCUT2D eigenvalue weighted by Crippen LogP contribution is -2.45. The standard InChI is InChI=1S/C15H20N2O2S/c1-11-4-5-13(19-11)14-16-8-12(20-14)9-17-15(10-18)6-2-3-7-15/h4-5,8,17-18H,2-3,6-7,9-10H2,1H3. The highest BCUT2D eigenvalue weighted by Gasteiger charge is 2.32. The fourth-order valence-electron chi connectivity index (χ4n) is 2.77. The number of aliphatic hydroxyl groups excluding tert-OH is 1. The number of aromatic nitrogens is 1. The van der Waals surface area contributed by atoms with Crippen LogP contribution < -0.4 is 5.32 Å². The molecule has 1 aliphatic rings. The Kier molecular flexibility index (Phi) is 3.92. The van der Waals surface area contributed by atoms with Crippen LogP contribution in [0.15, 0.2) is 22.7 Å². The van der Waals surface area contributed by atoms with Gasteiger partial charge in [0.05, 0.1) is 6.61 Å². The average molecular weight is 292 g/mol. The molecule has 1 saturated carbocycles.